The highest BCUT2D eigenvalue weighted by molar-refractivity contribution is 5.85. The van der Waals surface area contributed by atoms with Crippen molar-refractivity contribution in [2.75, 3.05) is 5.32 Å². The van der Waals surface area contributed by atoms with Gasteiger partial charge in [-0.1, -0.05) is 24.3 Å². The van der Waals surface area contributed by atoms with Gasteiger partial charge >= 0.3 is 5.97 Å². The van der Waals surface area contributed by atoms with Crippen LogP contribution in [0.4, 0.5) is 11.5 Å². The second-order valence-electron chi connectivity index (χ2n) is 5.86. The predicted molar refractivity (Wildman–Crippen MR) is 104 cm³/mol. The lowest BCUT2D eigenvalue weighted by Crippen LogP contribution is -1.96. The largest absolute Gasteiger partial charge is 0.478 e. The Morgan fingerprint density at radius 2 is 1.96 bits per heavy atom. The van der Waals surface area contributed by atoms with E-state index in [1.807, 2.05) is 42.5 Å². The second-order valence-corrected chi connectivity index (χ2v) is 5.86. The number of rotatable bonds is 5. The van der Waals surface area contributed by atoms with Crippen LogP contribution in [0.2, 0.25) is 0 Å². The molecule has 0 bridgehead atoms. The maximum atomic E-state index is 10.6. The quantitative estimate of drug-likeness (QED) is 0.469. The van der Waals surface area contributed by atoms with E-state index in [2.05, 4.69) is 25.5 Å². The molecule has 0 fully saturated rings. The molecule has 27 heavy (non-hydrogen) atoms. The van der Waals surface area contributed by atoms with E-state index in [-0.39, 0.29) is 0 Å². The van der Waals surface area contributed by atoms with Gasteiger partial charge in [-0.3, -0.25) is 5.10 Å². The first-order valence-corrected chi connectivity index (χ1v) is 8.22. The van der Waals surface area contributed by atoms with Crippen LogP contribution in [0.5, 0.6) is 0 Å². The lowest BCUT2D eigenvalue weighted by Gasteiger charge is -2.07. The van der Waals surface area contributed by atoms with Gasteiger partial charge in [0.2, 0.25) is 0 Å². The van der Waals surface area contributed by atoms with Crippen LogP contribution >= 0.6 is 0 Å². The van der Waals surface area contributed by atoms with E-state index >= 15 is 0 Å². The summed E-state index contributed by atoms with van der Waals surface area (Å²) in [6, 6.07) is 15.1. The number of hydrogen-bond donors (Lipinski definition) is 3. The fourth-order valence-electron chi connectivity index (χ4n) is 2.65. The predicted octanol–water partition coefficient (Wildman–Crippen LogP) is 3.86. The highest BCUT2D eigenvalue weighted by Crippen LogP contribution is 2.22. The summed E-state index contributed by atoms with van der Waals surface area (Å²) in [5, 5.41) is 19.9. The van der Waals surface area contributed by atoms with Crippen molar-refractivity contribution in [2.24, 2.45) is 0 Å². The van der Waals surface area contributed by atoms with Gasteiger partial charge in [0.25, 0.3) is 0 Å². The fourth-order valence-corrected chi connectivity index (χ4v) is 2.65. The zero-order valence-electron chi connectivity index (χ0n) is 14.1. The molecule has 0 aliphatic carbocycles. The van der Waals surface area contributed by atoms with Crippen molar-refractivity contribution in [1.29, 1.82) is 0 Å². The van der Waals surface area contributed by atoms with Gasteiger partial charge < -0.3 is 10.4 Å². The van der Waals surface area contributed by atoms with E-state index < -0.39 is 5.97 Å². The molecule has 7 nitrogen and oxygen atoms in total. The minimum absolute atomic E-state index is 0.582. The first kappa shape index (κ1) is 16.5. The number of carbonyl (C=O) groups is 1. The molecular formula is C20H15N5O2. The van der Waals surface area contributed by atoms with Crippen molar-refractivity contribution in [3.05, 3.63) is 72.6 Å². The van der Waals surface area contributed by atoms with Crippen LogP contribution in [0.25, 0.3) is 28.4 Å². The molecule has 0 aliphatic rings. The molecular weight excluding hydrogens is 342 g/mol. The Labute approximate surface area is 154 Å². The lowest BCUT2D eigenvalue weighted by molar-refractivity contribution is -0.131. The summed E-state index contributed by atoms with van der Waals surface area (Å²) in [6.07, 6.45) is 6.11. The highest BCUT2D eigenvalue weighted by Gasteiger charge is 2.04. The minimum Gasteiger partial charge on any atom is -0.478 e. The van der Waals surface area contributed by atoms with Crippen molar-refractivity contribution in [3.8, 4) is 11.4 Å². The molecule has 0 atom stereocenters. The van der Waals surface area contributed by atoms with Gasteiger partial charge in [-0.15, -0.1) is 0 Å². The average molecular weight is 357 g/mol. The Bertz CT molecular complexity index is 1130. The Balaban J connectivity index is 1.55. The zero-order chi connectivity index (χ0) is 18.6. The van der Waals surface area contributed by atoms with Crippen LogP contribution in [0.3, 0.4) is 0 Å². The summed E-state index contributed by atoms with van der Waals surface area (Å²) in [7, 11) is 0. The van der Waals surface area contributed by atoms with Crippen molar-refractivity contribution in [2.45, 2.75) is 0 Å². The number of hydrogen-bond acceptors (Lipinski definition) is 5. The number of nitrogens with zero attached hydrogens (tertiary/aromatic N) is 3. The summed E-state index contributed by atoms with van der Waals surface area (Å²) in [6.45, 7) is 0. The monoisotopic (exact) mass is 357 g/mol. The van der Waals surface area contributed by atoms with Crippen molar-refractivity contribution in [3.63, 3.8) is 0 Å². The molecule has 0 spiro atoms. The van der Waals surface area contributed by atoms with Gasteiger partial charge in [-0.2, -0.15) is 5.10 Å². The van der Waals surface area contributed by atoms with E-state index in [1.54, 1.807) is 18.5 Å². The molecule has 0 radical (unpaired) electrons. The first-order chi connectivity index (χ1) is 13.2. The summed E-state index contributed by atoms with van der Waals surface area (Å²) in [5.41, 5.74) is 3.52. The Kier molecular flexibility index (Phi) is 4.32. The number of fused-ring (bicyclic) bond motifs is 1. The molecule has 132 valence electrons. The number of nitrogens with one attached hydrogen (secondary N) is 2. The van der Waals surface area contributed by atoms with Gasteiger partial charge in [0.1, 0.15) is 5.82 Å². The third-order valence-electron chi connectivity index (χ3n) is 3.96. The molecule has 2 heterocycles. The third kappa shape index (κ3) is 3.82. The van der Waals surface area contributed by atoms with Crippen LogP contribution in [-0.2, 0) is 4.79 Å². The van der Waals surface area contributed by atoms with Crippen LogP contribution in [0.15, 0.2) is 67.0 Å². The van der Waals surface area contributed by atoms with Gasteiger partial charge in [0.05, 0.1) is 11.7 Å². The van der Waals surface area contributed by atoms with Crippen LogP contribution in [0, 0.1) is 0 Å². The summed E-state index contributed by atoms with van der Waals surface area (Å²) in [4.78, 5) is 19.5. The number of carboxylic acids is 1. The van der Waals surface area contributed by atoms with Gasteiger partial charge in [-0.05, 0) is 35.9 Å². The Morgan fingerprint density at radius 1 is 1.11 bits per heavy atom. The van der Waals surface area contributed by atoms with Crippen LogP contribution in [-0.4, -0.2) is 31.2 Å². The smallest absolute Gasteiger partial charge is 0.328 e. The highest BCUT2D eigenvalue weighted by atomic mass is 16.4. The van der Waals surface area contributed by atoms with Crippen LogP contribution in [0.1, 0.15) is 5.56 Å². The number of anilines is 2. The standard InChI is InChI=1S/C20H15N5O2/c26-19(27)8-3-13-1-4-14(5-2-13)20-21-10-9-18(24-20)23-16-6-7-17-15(11-16)12-22-25-17/h1-12H,(H,22,25)(H,26,27)(H,21,23,24). The first-order valence-electron chi connectivity index (χ1n) is 8.22. The average Bonchev–Trinajstić information content (AvgIpc) is 3.15. The van der Waals surface area contributed by atoms with E-state index in [1.165, 1.54) is 6.08 Å². The molecule has 0 saturated heterocycles. The lowest BCUT2D eigenvalue weighted by atomic mass is 10.1. The molecule has 0 amide bonds. The van der Waals surface area contributed by atoms with Crippen molar-refractivity contribution in [1.82, 2.24) is 20.2 Å². The summed E-state index contributed by atoms with van der Waals surface area (Å²) >= 11 is 0. The van der Waals surface area contributed by atoms with Gasteiger partial charge in [0, 0.05) is 28.9 Å². The summed E-state index contributed by atoms with van der Waals surface area (Å²) in [5.74, 6) is 0.283. The van der Waals surface area contributed by atoms with E-state index in [0.29, 0.717) is 11.6 Å². The van der Waals surface area contributed by atoms with E-state index in [9.17, 15) is 4.79 Å². The minimum atomic E-state index is -0.977. The van der Waals surface area contributed by atoms with E-state index in [0.717, 1.165) is 33.8 Å². The number of H-pyrrole nitrogens is 1. The normalized spacial score (nSPS) is 11.1. The second kappa shape index (κ2) is 7.09. The van der Waals surface area contributed by atoms with E-state index in [4.69, 9.17) is 5.11 Å². The Morgan fingerprint density at radius 3 is 2.78 bits per heavy atom. The molecule has 0 aliphatic heterocycles. The third-order valence-corrected chi connectivity index (χ3v) is 3.96. The fraction of sp³-hybridized carbons (Fsp3) is 0. The van der Waals surface area contributed by atoms with Crippen molar-refractivity contribution < 1.29 is 9.90 Å². The number of aromatic amines is 1. The number of aliphatic carboxylic acids is 1. The molecule has 3 N–H and O–H groups in total. The molecule has 0 unspecified atom stereocenters. The molecule has 4 rings (SSSR count). The number of benzene rings is 2. The Hall–Kier alpha value is -4.00. The van der Waals surface area contributed by atoms with Crippen molar-refractivity contribution >= 4 is 34.5 Å². The number of aromatic nitrogens is 4. The SMILES string of the molecule is O=C(O)C=Cc1ccc(-c2nccc(Nc3ccc4[nH]ncc4c3)n2)cc1. The molecule has 2 aromatic carbocycles. The van der Waals surface area contributed by atoms with Gasteiger partial charge in [-0.25, -0.2) is 14.8 Å². The molecule has 4 aromatic rings. The zero-order valence-corrected chi connectivity index (χ0v) is 14.1. The van der Waals surface area contributed by atoms with Crippen LogP contribution < -0.4 is 5.32 Å². The maximum absolute atomic E-state index is 10.6. The van der Waals surface area contributed by atoms with Gasteiger partial charge in [0.15, 0.2) is 5.82 Å². The summed E-state index contributed by atoms with van der Waals surface area (Å²) < 4.78 is 0. The molecule has 7 heteroatoms. The maximum Gasteiger partial charge on any atom is 0.328 e. The topological polar surface area (TPSA) is 104 Å². The number of carboxylic acid groups (broad SMARTS) is 1. The molecule has 2 aromatic heterocycles. The molecule has 0 saturated carbocycles.